The Morgan fingerprint density at radius 2 is 1.70 bits per heavy atom. The highest BCUT2D eigenvalue weighted by atomic mass is 79.9. The maximum Gasteiger partial charge on any atom is 0.259 e. The van der Waals surface area contributed by atoms with Crippen LogP contribution in [0.1, 0.15) is 39.1 Å². The van der Waals surface area contributed by atoms with Crippen molar-refractivity contribution in [3.63, 3.8) is 0 Å². The maximum atomic E-state index is 12.9. The van der Waals surface area contributed by atoms with Gasteiger partial charge in [0.15, 0.2) is 0 Å². The predicted octanol–water partition coefficient (Wildman–Crippen LogP) is 5.22. The molecule has 168 valence electrons. The van der Waals surface area contributed by atoms with E-state index in [-0.39, 0.29) is 5.75 Å². The van der Waals surface area contributed by atoms with Gasteiger partial charge in [-0.1, -0.05) is 34.1 Å². The van der Waals surface area contributed by atoms with Crippen LogP contribution >= 0.6 is 15.9 Å². The van der Waals surface area contributed by atoms with Crippen molar-refractivity contribution in [3.05, 3.63) is 63.6 Å². The van der Waals surface area contributed by atoms with Gasteiger partial charge in [-0.3, -0.25) is 14.9 Å². The standard InChI is InChI=1S/C26H24BrN3O3/c1-30(2)10-6-5-7-14-11-19-17(13-21(14)31)22-20(28-19)12-16(15-8-3-4-9-18(15)27)23-24(22)26(33)29-25(23)32/h3-4,8-9,11-13,28,31H,5-7,10H2,1-2H3,(H,29,32,33). The second-order valence-electron chi connectivity index (χ2n) is 8.77. The summed E-state index contributed by atoms with van der Waals surface area (Å²) in [6.45, 7) is 1.00. The molecule has 1 aliphatic heterocycles. The van der Waals surface area contributed by atoms with Crippen molar-refractivity contribution in [2.24, 2.45) is 0 Å². The fraction of sp³-hybridized carbons (Fsp3) is 0.231. The third kappa shape index (κ3) is 3.71. The van der Waals surface area contributed by atoms with Gasteiger partial charge in [-0.2, -0.15) is 0 Å². The molecule has 0 radical (unpaired) electrons. The molecule has 0 saturated heterocycles. The fourth-order valence-electron chi connectivity index (χ4n) is 4.68. The van der Waals surface area contributed by atoms with E-state index in [4.69, 9.17) is 0 Å². The lowest BCUT2D eigenvalue weighted by Crippen LogP contribution is -2.20. The minimum absolute atomic E-state index is 0.210. The summed E-state index contributed by atoms with van der Waals surface area (Å²) in [6, 6.07) is 13.2. The largest absolute Gasteiger partial charge is 0.508 e. The highest BCUT2D eigenvalue weighted by Crippen LogP contribution is 2.41. The Bertz CT molecular complexity index is 1440. The Morgan fingerprint density at radius 1 is 0.939 bits per heavy atom. The second-order valence-corrected chi connectivity index (χ2v) is 9.63. The molecular formula is C26H24BrN3O3. The zero-order valence-corrected chi connectivity index (χ0v) is 20.0. The molecule has 0 bridgehead atoms. The van der Waals surface area contributed by atoms with Gasteiger partial charge in [0.1, 0.15) is 5.75 Å². The summed E-state index contributed by atoms with van der Waals surface area (Å²) in [6.07, 6.45) is 2.78. The van der Waals surface area contributed by atoms with Gasteiger partial charge in [0.05, 0.1) is 11.1 Å². The van der Waals surface area contributed by atoms with Crippen molar-refractivity contribution in [2.75, 3.05) is 20.6 Å². The van der Waals surface area contributed by atoms with Gasteiger partial charge in [-0.05, 0) is 80.9 Å². The third-order valence-electron chi connectivity index (χ3n) is 6.23. The number of hydrogen-bond acceptors (Lipinski definition) is 4. The van der Waals surface area contributed by atoms with Crippen LogP contribution in [0.3, 0.4) is 0 Å². The smallest absolute Gasteiger partial charge is 0.259 e. The van der Waals surface area contributed by atoms with E-state index in [0.29, 0.717) is 22.1 Å². The number of aryl methyl sites for hydroxylation is 1. The van der Waals surface area contributed by atoms with E-state index in [9.17, 15) is 14.7 Å². The lowest BCUT2D eigenvalue weighted by Gasteiger charge is -2.10. The Balaban J connectivity index is 1.69. The van der Waals surface area contributed by atoms with Crippen LogP contribution in [0.4, 0.5) is 0 Å². The number of halogens is 1. The van der Waals surface area contributed by atoms with E-state index in [1.54, 1.807) is 6.07 Å². The van der Waals surface area contributed by atoms with Gasteiger partial charge in [0.25, 0.3) is 11.8 Å². The summed E-state index contributed by atoms with van der Waals surface area (Å²) >= 11 is 3.57. The molecule has 2 amide bonds. The number of carbonyl (C=O) groups is 2. The molecule has 0 spiro atoms. The van der Waals surface area contributed by atoms with Crippen LogP contribution in [0.15, 0.2) is 46.9 Å². The van der Waals surface area contributed by atoms with E-state index in [1.807, 2.05) is 36.4 Å². The molecule has 3 aromatic carbocycles. The molecule has 5 rings (SSSR count). The number of unbranched alkanes of at least 4 members (excludes halogenated alkanes) is 1. The van der Waals surface area contributed by atoms with Crippen LogP contribution in [0.5, 0.6) is 5.75 Å². The average Bonchev–Trinajstić information content (AvgIpc) is 3.26. The zero-order chi connectivity index (χ0) is 23.3. The number of nitrogens with one attached hydrogen (secondary N) is 2. The Hall–Kier alpha value is -3.16. The topological polar surface area (TPSA) is 85.4 Å². The minimum atomic E-state index is -0.415. The molecule has 4 aromatic rings. The zero-order valence-electron chi connectivity index (χ0n) is 18.5. The first-order chi connectivity index (χ1) is 15.8. The number of rotatable bonds is 6. The Kier molecular flexibility index (Phi) is 5.46. The SMILES string of the molecule is CN(C)CCCCc1cc2[nH]c3cc(-c4ccccc4Br)c4c(c3c2cc1O)C(=O)NC4=O. The van der Waals surface area contributed by atoms with Crippen molar-refractivity contribution in [1.82, 2.24) is 15.2 Å². The van der Waals surface area contributed by atoms with E-state index >= 15 is 0 Å². The molecule has 0 unspecified atom stereocenters. The number of aromatic amines is 1. The van der Waals surface area contributed by atoms with E-state index in [2.05, 4.69) is 45.2 Å². The third-order valence-corrected chi connectivity index (χ3v) is 6.92. The average molecular weight is 506 g/mol. The first-order valence-corrected chi connectivity index (χ1v) is 11.7. The highest BCUT2D eigenvalue weighted by Gasteiger charge is 2.34. The maximum absolute atomic E-state index is 12.9. The monoisotopic (exact) mass is 505 g/mol. The molecule has 0 saturated carbocycles. The molecule has 0 fully saturated rings. The second kappa shape index (κ2) is 8.32. The van der Waals surface area contributed by atoms with Gasteiger partial charge in [0, 0.05) is 26.3 Å². The summed E-state index contributed by atoms with van der Waals surface area (Å²) in [7, 11) is 4.10. The first kappa shape index (κ1) is 21.7. The highest BCUT2D eigenvalue weighted by molar-refractivity contribution is 9.10. The van der Waals surface area contributed by atoms with Crippen LogP contribution < -0.4 is 5.32 Å². The number of carbonyl (C=O) groups excluding carboxylic acids is 2. The van der Waals surface area contributed by atoms with E-state index < -0.39 is 11.8 Å². The Labute approximate surface area is 199 Å². The molecule has 2 heterocycles. The van der Waals surface area contributed by atoms with Crippen molar-refractivity contribution in [3.8, 4) is 16.9 Å². The predicted molar refractivity (Wildman–Crippen MR) is 134 cm³/mol. The number of nitrogens with zero attached hydrogens (tertiary/aromatic N) is 1. The molecule has 0 aliphatic carbocycles. The quantitative estimate of drug-likeness (QED) is 0.247. The summed E-state index contributed by atoms with van der Waals surface area (Å²) in [5, 5.41) is 14.6. The van der Waals surface area contributed by atoms with Crippen molar-refractivity contribution < 1.29 is 14.7 Å². The molecule has 6 nitrogen and oxygen atoms in total. The number of phenolic OH excluding ortho intramolecular Hbond substituents is 1. The Morgan fingerprint density at radius 3 is 2.45 bits per heavy atom. The number of H-pyrrole nitrogens is 1. The number of fused-ring (bicyclic) bond motifs is 5. The molecule has 1 aliphatic rings. The van der Waals surface area contributed by atoms with Crippen molar-refractivity contribution in [1.29, 1.82) is 0 Å². The number of imide groups is 1. The van der Waals surface area contributed by atoms with Crippen molar-refractivity contribution >= 4 is 49.6 Å². The number of phenols is 1. The van der Waals surface area contributed by atoms with Crippen LogP contribution in [-0.2, 0) is 6.42 Å². The van der Waals surface area contributed by atoms with Crippen LogP contribution in [-0.4, -0.2) is 47.4 Å². The summed E-state index contributed by atoms with van der Waals surface area (Å²) in [4.78, 5) is 31.2. The molecule has 0 atom stereocenters. The summed E-state index contributed by atoms with van der Waals surface area (Å²) in [5.74, 6) is -0.609. The van der Waals surface area contributed by atoms with Crippen LogP contribution in [0.2, 0.25) is 0 Å². The van der Waals surface area contributed by atoms with Gasteiger partial charge in [0.2, 0.25) is 0 Å². The van der Waals surface area contributed by atoms with Gasteiger partial charge < -0.3 is 15.0 Å². The number of hydrogen-bond donors (Lipinski definition) is 3. The molecule has 33 heavy (non-hydrogen) atoms. The van der Waals surface area contributed by atoms with Gasteiger partial charge in [-0.25, -0.2) is 0 Å². The van der Waals surface area contributed by atoms with Crippen molar-refractivity contribution in [2.45, 2.75) is 19.3 Å². The fourth-order valence-corrected chi connectivity index (χ4v) is 5.17. The number of aromatic hydroxyl groups is 1. The van der Waals surface area contributed by atoms with Gasteiger partial charge in [-0.15, -0.1) is 0 Å². The van der Waals surface area contributed by atoms with Crippen LogP contribution in [0.25, 0.3) is 32.9 Å². The minimum Gasteiger partial charge on any atom is -0.508 e. The van der Waals surface area contributed by atoms with E-state index in [1.165, 1.54) is 0 Å². The molecule has 1 aromatic heterocycles. The number of benzene rings is 3. The summed E-state index contributed by atoms with van der Waals surface area (Å²) < 4.78 is 0.840. The summed E-state index contributed by atoms with van der Waals surface area (Å²) in [5.41, 5.74) is 4.71. The molecule has 7 heteroatoms. The lowest BCUT2D eigenvalue weighted by molar-refractivity contribution is 0.0880. The number of aromatic nitrogens is 1. The molecular weight excluding hydrogens is 482 g/mol. The lowest BCUT2D eigenvalue weighted by atomic mass is 9.92. The first-order valence-electron chi connectivity index (χ1n) is 10.9. The number of amides is 2. The van der Waals surface area contributed by atoms with E-state index in [0.717, 1.165) is 57.8 Å². The normalized spacial score (nSPS) is 13.3. The van der Waals surface area contributed by atoms with Crippen LogP contribution in [0, 0.1) is 0 Å². The van der Waals surface area contributed by atoms with Gasteiger partial charge >= 0.3 is 0 Å². The molecule has 3 N–H and O–H groups in total.